The number of carbonyl (C=O) groups excluding carboxylic acids is 1. The van der Waals surface area contributed by atoms with Gasteiger partial charge in [0.05, 0.1) is 25.7 Å². The first-order chi connectivity index (χ1) is 14.3. The quantitative estimate of drug-likeness (QED) is 0.442. The summed E-state index contributed by atoms with van der Waals surface area (Å²) in [6.45, 7) is -0.981. The summed E-state index contributed by atoms with van der Waals surface area (Å²) in [6, 6.07) is 15.1. The lowest BCUT2D eigenvalue weighted by atomic mass is 9.91. The fourth-order valence-corrected chi connectivity index (χ4v) is 3.57. The number of carboxylic acid groups (broad SMARTS) is 1. The van der Waals surface area contributed by atoms with Gasteiger partial charge in [-0.2, -0.15) is 0 Å². The van der Waals surface area contributed by atoms with Gasteiger partial charge in [-0.25, -0.2) is 0 Å². The van der Waals surface area contributed by atoms with Gasteiger partial charge in [-0.1, -0.05) is 36.4 Å². The molecule has 7 heteroatoms. The minimum absolute atomic E-state index is 0.0401. The van der Waals surface area contributed by atoms with E-state index in [1.807, 2.05) is 48.5 Å². The smallest absolute Gasteiger partial charge is 0.303 e. The molecular formula is C23H27NO6. The number of aliphatic hydroxyl groups excluding tert-OH is 2. The molecule has 1 fully saturated rings. The third kappa shape index (κ3) is 5.05. The zero-order valence-corrected chi connectivity index (χ0v) is 16.7. The number of aliphatic hydroxyl groups is 3. The summed E-state index contributed by atoms with van der Waals surface area (Å²) in [7, 11) is 0. The molecule has 1 amide bonds. The number of hydrogen-bond acceptors (Lipinski definition) is 5. The van der Waals surface area contributed by atoms with E-state index in [1.165, 1.54) is 0 Å². The Bertz CT molecular complexity index is 874. The molecule has 7 nitrogen and oxygen atoms in total. The Morgan fingerprint density at radius 1 is 0.967 bits per heavy atom. The second-order valence-electron chi connectivity index (χ2n) is 7.83. The van der Waals surface area contributed by atoms with Crippen molar-refractivity contribution in [2.24, 2.45) is 0 Å². The highest BCUT2D eigenvalue weighted by atomic mass is 16.4. The molecule has 1 aliphatic heterocycles. The fraction of sp³-hybridized carbons (Fsp3) is 0.391. The van der Waals surface area contributed by atoms with Gasteiger partial charge in [0.1, 0.15) is 5.60 Å². The Morgan fingerprint density at radius 2 is 1.53 bits per heavy atom. The van der Waals surface area contributed by atoms with E-state index in [-0.39, 0.29) is 24.8 Å². The first-order valence-corrected chi connectivity index (χ1v) is 10.0. The van der Waals surface area contributed by atoms with E-state index in [1.54, 1.807) is 4.90 Å². The molecule has 1 saturated heterocycles. The number of hydrogen-bond donors (Lipinski definition) is 4. The van der Waals surface area contributed by atoms with Crippen LogP contribution in [0.2, 0.25) is 0 Å². The Hall–Kier alpha value is -2.74. The van der Waals surface area contributed by atoms with Gasteiger partial charge in [0, 0.05) is 12.1 Å². The number of β-lactam (4-membered cyclic amide) rings is 1. The fourth-order valence-electron chi connectivity index (χ4n) is 3.57. The topological polar surface area (TPSA) is 118 Å². The third-order valence-corrected chi connectivity index (χ3v) is 5.62. The van der Waals surface area contributed by atoms with E-state index in [2.05, 4.69) is 0 Å². The zero-order valence-electron chi connectivity index (χ0n) is 16.7. The summed E-state index contributed by atoms with van der Waals surface area (Å²) in [5.41, 5.74) is 2.20. The summed E-state index contributed by atoms with van der Waals surface area (Å²) in [5, 5.41) is 37.1. The Balaban J connectivity index is 1.64. The summed E-state index contributed by atoms with van der Waals surface area (Å²) in [4.78, 5) is 24.7. The number of nitrogens with zero attached hydrogens (tertiary/aromatic N) is 1. The van der Waals surface area contributed by atoms with Crippen molar-refractivity contribution in [1.82, 2.24) is 0 Å². The minimum atomic E-state index is -1.48. The summed E-state index contributed by atoms with van der Waals surface area (Å²) in [5.74, 6) is -0.795. The van der Waals surface area contributed by atoms with E-state index in [0.29, 0.717) is 19.3 Å². The minimum Gasteiger partial charge on any atom is -0.481 e. The van der Waals surface area contributed by atoms with Crippen molar-refractivity contribution in [3.8, 4) is 0 Å². The lowest BCUT2D eigenvalue weighted by Crippen LogP contribution is -2.46. The van der Waals surface area contributed by atoms with Crippen LogP contribution in [0.25, 0.3) is 0 Å². The molecule has 0 saturated carbocycles. The lowest BCUT2D eigenvalue weighted by molar-refractivity contribution is -0.137. The number of benzene rings is 2. The number of carbonyl (C=O) groups is 2. The Labute approximate surface area is 175 Å². The molecule has 0 radical (unpaired) electrons. The monoisotopic (exact) mass is 413 g/mol. The molecule has 2 aromatic rings. The summed E-state index contributed by atoms with van der Waals surface area (Å²) >= 11 is 0. The van der Waals surface area contributed by atoms with Crippen molar-refractivity contribution in [3.05, 3.63) is 65.2 Å². The molecule has 1 atom stereocenters. The molecule has 30 heavy (non-hydrogen) atoms. The van der Waals surface area contributed by atoms with E-state index in [0.717, 1.165) is 22.4 Å². The standard InChI is InChI=1S/C23H27NO6/c25-14-23(30,15-26)12-11-17-1-6-18(7-2-17)20-13-21(27)24(20)19-8-3-16(4-9-19)5-10-22(28)29/h1-4,6-9,20,25-26,30H,5,10-15H2,(H,28,29). The van der Waals surface area contributed by atoms with E-state index >= 15 is 0 Å². The second-order valence-corrected chi connectivity index (χ2v) is 7.83. The highest BCUT2D eigenvalue weighted by Crippen LogP contribution is 2.39. The maximum absolute atomic E-state index is 12.2. The van der Waals surface area contributed by atoms with Gasteiger partial charge < -0.3 is 25.3 Å². The Morgan fingerprint density at radius 3 is 2.07 bits per heavy atom. The largest absolute Gasteiger partial charge is 0.481 e. The molecule has 1 aliphatic rings. The van der Waals surface area contributed by atoms with Crippen LogP contribution in [0.1, 0.15) is 42.0 Å². The normalized spacial score (nSPS) is 16.4. The molecule has 1 heterocycles. The zero-order chi connectivity index (χ0) is 21.7. The van der Waals surface area contributed by atoms with Crippen LogP contribution < -0.4 is 4.90 Å². The number of rotatable bonds is 10. The molecular weight excluding hydrogens is 386 g/mol. The highest BCUT2D eigenvalue weighted by molar-refractivity contribution is 6.01. The summed E-state index contributed by atoms with van der Waals surface area (Å²) < 4.78 is 0. The van der Waals surface area contributed by atoms with Crippen molar-refractivity contribution in [1.29, 1.82) is 0 Å². The van der Waals surface area contributed by atoms with Crippen LogP contribution in [0.3, 0.4) is 0 Å². The SMILES string of the molecule is O=C(O)CCc1ccc(N2C(=O)CC2c2ccc(CCC(O)(CO)CO)cc2)cc1. The van der Waals surface area contributed by atoms with Crippen LogP contribution in [0.15, 0.2) is 48.5 Å². The molecule has 1 unspecified atom stereocenters. The van der Waals surface area contributed by atoms with E-state index in [9.17, 15) is 24.9 Å². The molecule has 0 aliphatic carbocycles. The van der Waals surface area contributed by atoms with Crippen LogP contribution >= 0.6 is 0 Å². The molecule has 0 bridgehead atoms. The van der Waals surface area contributed by atoms with Gasteiger partial charge in [-0.15, -0.1) is 0 Å². The average Bonchev–Trinajstić information content (AvgIpc) is 2.75. The van der Waals surface area contributed by atoms with Gasteiger partial charge >= 0.3 is 5.97 Å². The molecule has 3 rings (SSSR count). The number of carboxylic acids is 1. The van der Waals surface area contributed by atoms with Gasteiger partial charge in [0.25, 0.3) is 0 Å². The van der Waals surface area contributed by atoms with E-state index < -0.39 is 24.8 Å². The molecule has 0 spiro atoms. The number of amides is 1. The molecule has 2 aromatic carbocycles. The van der Waals surface area contributed by atoms with Gasteiger partial charge in [-0.3, -0.25) is 9.59 Å². The second kappa shape index (κ2) is 9.38. The third-order valence-electron chi connectivity index (χ3n) is 5.62. The van der Waals surface area contributed by atoms with Crippen LogP contribution in [0, 0.1) is 0 Å². The van der Waals surface area contributed by atoms with Crippen molar-refractivity contribution in [2.75, 3.05) is 18.1 Å². The van der Waals surface area contributed by atoms with Crippen molar-refractivity contribution < 1.29 is 30.0 Å². The molecule has 160 valence electrons. The van der Waals surface area contributed by atoms with E-state index in [4.69, 9.17) is 5.11 Å². The predicted molar refractivity (Wildman–Crippen MR) is 111 cm³/mol. The highest BCUT2D eigenvalue weighted by Gasteiger charge is 2.38. The maximum Gasteiger partial charge on any atom is 0.303 e. The van der Waals surface area contributed by atoms with Crippen molar-refractivity contribution in [2.45, 2.75) is 43.7 Å². The van der Waals surface area contributed by atoms with Crippen molar-refractivity contribution in [3.63, 3.8) is 0 Å². The summed E-state index contributed by atoms with van der Waals surface area (Å²) in [6.07, 6.45) is 1.72. The van der Waals surface area contributed by atoms with Gasteiger partial charge in [-0.05, 0) is 48.1 Å². The van der Waals surface area contributed by atoms with Crippen molar-refractivity contribution >= 4 is 17.6 Å². The Kier molecular flexibility index (Phi) is 6.87. The lowest BCUT2D eigenvalue weighted by Gasteiger charge is -2.41. The van der Waals surface area contributed by atoms with Crippen LogP contribution in [-0.2, 0) is 22.4 Å². The first kappa shape index (κ1) is 22.0. The van der Waals surface area contributed by atoms with Crippen LogP contribution in [0.4, 0.5) is 5.69 Å². The number of aryl methyl sites for hydroxylation is 2. The first-order valence-electron chi connectivity index (χ1n) is 10.0. The van der Waals surface area contributed by atoms with Gasteiger partial charge in [0.2, 0.25) is 5.91 Å². The number of aliphatic carboxylic acids is 1. The predicted octanol–water partition coefficient (Wildman–Crippen LogP) is 1.83. The average molecular weight is 413 g/mol. The molecule has 4 N–H and O–H groups in total. The number of anilines is 1. The van der Waals surface area contributed by atoms with Crippen LogP contribution in [-0.4, -0.2) is 51.1 Å². The van der Waals surface area contributed by atoms with Gasteiger partial charge in [0.15, 0.2) is 0 Å². The van der Waals surface area contributed by atoms with Crippen LogP contribution in [0.5, 0.6) is 0 Å². The molecule has 0 aromatic heterocycles. The maximum atomic E-state index is 12.2.